The van der Waals surface area contributed by atoms with Crippen LogP contribution in [-0.4, -0.2) is 31.1 Å². The Morgan fingerprint density at radius 1 is 1.23 bits per heavy atom. The van der Waals surface area contributed by atoms with E-state index < -0.39 is 0 Å². The van der Waals surface area contributed by atoms with Crippen molar-refractivity contribution in [2.75, 3.05) is 20.1 Å². The molecule has 0 radical (unpaired) electrons. The van der Waals surface area contributed by atoms with Gasteiger partial charge in [0.2, 0.25) is 0 Å². The number of hydrogen-bond donors (Lipinski definition) is 2. The van der Waals surface area contributed by atoms with Crippen LogP contribution in [0.4, 0.5) is 0 Å². The first kappa shape index (κ1) is 16.2. The van der Waals surface area contributed by atoms with E-state index >= 15 is 0 Å². The van der Waals surface area contributed by atoms with Crippen molar-refractivity contribution in [1.82, 2.24) is 10.3 Å². The van der Waals surface area contributed by atoms with Crippen molar-refractivity contribution >= 4 is 37.2 Å². The van der Waals surface area contributed by atoms with E-state index in [0.717, 1.165) is 0 Å². The first-order valence-corrected chi connectivity index (χ1v) is 3.89. The normalized spacial score (nSPS) is 24.5. The van der Waals surface area contributed by atoms with Crippen LogP contribution in [0.1, 0.15) is 12.8 Å². The number of likely N-dealkylation sites (tertiary alicyclic amines) is 1. The standard InChI is InChI=1S/C7H15N3.3ClH/c1-10-4-7(5-10)2-6(3-7)9-8;;;/h6,9H,2-5,8H2,1H3;3*1H. The van der Waals surface area contributed by atoms with Gasteiger partial charge in [0.05, 0.1) is 0 Å². The van der Waals surface area contributed by atoms with Gasteiger partial charge in [-0.25, -0.2) is 0 Å². The first-order valence-electron chi connectivity index (χ1n) is 3.89. The van der Waals surface area contributed by atoms with E-state index in [9.17, 15) is 0 Å². The molecule has 0 aromatic carbocycles. The minimum Gasteiger partial charge on any atom is -0.305 e. The Morgan fingerprint density at radius 2 is 1.69 bits per heavy atom. The molecule has 82 valence electrons. The zero-order chi connectivity index (χ0) is 7.19. The molecule has 0 unspecified atom stereocenters. The summed E-state index contributed by atoms with van der Waals surface area (Å²) < 4.78 is 0. The number of hydrazine groups is 1. The Bertz CT molecular complexity index is 142. The molecule has 1 saturated carbocycles. The summed E-state index contributed by atoms with van der Waals surface area (Å²) in [6, 6.07) is 0.605. The van der Waals surface area contributed by atoms with Crippen molar-refractivity contribution in [3.8, 4) is 0 Å². The summed E-state index contributed by atoms with van der Waals surface area (Å²) in [5, 5.41) is 0. The third kappa shape index (κ3) is 2.85. The fourth-order valence-electron chi connectivity index (χ4n) is 2.46. The molecule has 0 amide bonds. The summed E-state index contributed by atoms with van der Waals surface area (Å²) in [6.45, 7) is 2.57. The quantitative estimate of drug-likeness (QED) is 0.535. The molecular formula is C7H18Cl3N3. The summed E-state index contributed by atoms with van der Waals surface area (Å²) >= 11 is 0. The molecule has 1 aliphatic heterocycles. The van der Waals surface area contributed by atoms with Gasteiger partial charge in [0.1, 0.15) is 0 Å². The molecule has 2 fully saturated rings. The van der Waals surface area contributed by atoms with E-state index in [1.54, 1.807) is 0 Å². The van der Waals surface area contributed by atoms with Crippen molar-refractivity contribution < 1.29 is 0 Å². The van der Waals surface area contributed by atoms with Gasteiger partial charge in [-0.15, -0.1) is 37.2 Å². The van der Waals surface area contributed by atoms with E-state index in [1.807, 2.05) is 0 Å². The van der Waals surface area contributed by atoms with Gasteiger partial charge >= 0.3 is 0 Å². The molecule has 1 heterocycles. The molecule has 1 spiro atoms. The number of halogens is 3. The Labute approximate surface area is 98.0 Å². The number of hydrogen-bond acceptors (Lipinski definition) is 3. The summed E-state index contributed by atoms with van der Waals surface area (Å²) in [5.41, 5.74) is 3.49. The second-order valence-corrected chi connectivity index (χ2v) is 3.94. The predicted octanol–water partition coefficient (Wildman–Crippen LogP) is 0.809. The smallest absolute Gasteiger partial charge is 0.0223 e. The van der Waals surface area contributed by atoms with Gasteiger partial charge in [0.15, 0.2) is 0 Å². The Hall–Kier alpha value is 0.750. The molecule has 1 aliphatic carbocycles. The second kappa shape index (κ2) is 5.59. The molecule has 0 bridgehead atoms. The highest BCUT2D eigenvalue weighted by Gasteiger charge is 2.50. The Balaban J connectivity index is 0. The maximum atomic E-state index is 5.30. The molecule has 6 heteroatoms. The van der Waals surface area contributed by atoms with Gasteiger partial charge in [-0.2, -0.15) is 0 Å². The number of nitrogens with two attached hydrogens (primary N) is 1. The summed E-state index contributed by atoms with van der Waals surface area (Å²) in [4.78, 5) is 2.37. The lowest BCUT2D eigenvalue weighted by atomic mass is 9.61. The van der Waals surface area contributed by atoms with E-state index in [1.165, 1.54) is 25.9 Å². The Kier molecular flexibility index (Phi) is 6.96. The predicted molar refractivity (Wildman–Crippen MR) is 62.0 cm³/mol. The highest BCUT2D eigenvalue weighted by Crippen LogP contribution is 2.47. The summed E-state index contributed by atoms with van der Waals surface area (Å²) in [6.07, 6.45) is 2.57. The largest absolute Gasteiger partial charge is 0.305 e. The van der Waals surface area contributed by atoms with Crippen molar-refractivity contribution in [2.24, 2.45) is 11.3 Å². The minimum atomic E-state index is 0. The van der Waals surface area contributed by atoms with Crippen LogP contribution in [0.15, 0.2) is 0 Å². The third-order valence-corrected chi connectivity index (χ3v) is 2.81. The highest BCUT2D eigenvalue weighted by molar-refractivity contribution is 5.86. The van der Waals surface area contributed by atoms with Crippen molar-refractivity contribution in [2.45, 2.75) is 18.9 Å². The minimum absolute atomic E-state index is 0. The number of rotatable bonds is 1. The molecule has 0 atom stereocenters. The maximum Gasteiger partial charge on any atom is 0.0223 e. The number of nitrogens with zero attached hydrogens (tertiary/aromatic N) is 1. The van der Waals surface area contributed by atoms with Gasteiger partial charge in [-0.1, -0.05) is 0 Å². The van der Waals surface area contributed by atoms with Crippen molar-refractivity contribution in [1.29, 1.82) is 0 Å². The first-order chi connectivity index (χ1) is 4.74. The van der Waals surface area contributed by atoms with Crippen LogP contribution < -0.4 is 11.3 Å². The van der Waals surface area contributed by atoms with Crippen LogP contribution in [0.3, 0.4) is 0 Å². The Morgan fingerprint density at radius 3 is 2.00 bits per heavy atom. The van der Waals surface area contributed by atoms with E-state index in [4.69, 9.17) is 5.84 Å². The molecule has 3 nitrogen and oxygen atoms in total. The van der Waals surface area contributed by atoms with Crippen molar-refractivity contribution in [3.05, 3.63) is 0 Å². The average molecular weight is 251 g/mol. The highest BCUT2D eigenvalue weighted by atomic mass is 35.5. The van der Waals surface area contributed by atoms with Gasteiger partial charge in [-0.3, -0.25) is 11.3 Å². The van der Waals surface area contributed by atoms with Gasteiger partial charge in [0, 0.05) is 19.1 Å². The number of nitrogens with one attached hydrogen (secondary N) is 1. The summed E-state index contributed by atoms with van der Waals surface area (Å²) in [7, 11) is 2.18. The zero-order valence-electron chi connectivity index (χ0n) is 7.66. The summed E-state index contributed by atoms with van der Waals surface area (Å²) in [5.74, 6) is 5.30. The third-order valence-electron chi connectivity index (χ3n) is 2.81. The lowest BCUT2D eigenvalue weighted by Crippen LogP contribution is -2.65. The van der Waals surface area contributed by atoms with Crippen molar-refractivity contribution in [3.63, 3.8) is 0 Å². The molecule has 13 heavy (non-hydrogen) atoms. The fourth-order valence-corrected chi connectivity index (χ4v) is 2.46. The van der Waals surface area contributed by atoms with Crippen LogP contribution in [0, 0.1) is 5.41 Å². The SMILES string of the molecule is CN1CC2(CC(NN)C2)C1.Cl.Cl.Cl. The van der Waals surface area contributed by atoms with Crippen LogP contribution in [0.2, 0.25) is 0 Å². The van der Waals surface area contributed by atoms with E-state index in [-0.39, 0.29) is 37.2 Å². The molecule has 2 rings (SSSR count). The maximum absolute atomic E-state index is 5.30. The zero-order valence-corrected chi connectivity index (χ0v) is 10.1. The van der Waals surface area contributed by atoms with Gasteiger partial charge < -0.3 is 4.90 Å². The average Bonchev–Trinajstić information content (AvgIpc) is 1.74. The van der Waals surface area contributed by atoms with Crippen LogP contribution >= 0.6 is 37.2 Å². The molecule has 1 saturated heterocycles. The monoisotopic (exact) mass is 249 g/mol. The molecule has 3 N–H and O–H groups in total. The van der Waals surface area contributed by atoms with Crippen LogP contribution in [-0.2, 0) is 0 Å². The van der Waals surface area contributed by atoms with Gasteiger partial charge in [-0.05, 0) is 25.3 Å². The molecule has 0 aromatic heterocycles. The second-order valence-electron chi connectivity index (χ2n) is 3.94. The van der Waals surface area contributed by atoms with Crippen LogP contribution in [0.5, 0.6) is 0 Å². The fraction of sp³-hybridized carbons (Fsp3) is 1.00. The molecule has 0 aromatic rings. The topological polar surface area (TPSA) is 41.3 Å². The van der Waals surface area contributed by atoms with E-state index in [2.05, 4.69) is 17.4 Å². The van der Waals surface area contributed by atoms with Crippen LogP contribution in [0.25, 0.3) is 0 Å². The molecular weight excluding hydrogens is 232 g/mol. The van der Waals surface area contributed by atoms with E-state index in [0.29, 0.717) is 11.5 Å². The lowest BCUT2D eigenvalue weighted by Gasteiger charge is -2.58. The lowest BCUT2D eigenvalue weighted by molar-refractivity contribution is -0.0647. The van der Waals surface area contributed by atoms with Gasteiger partial charge in [0.25, 0.3) is 0 Å². The molecule has 2 aliphatic rings.